The summed E-state index contributed by atoms with van der Waals surface area (Å²) in [6.45, 7) is 2.38. The van der Waals surface area contributed by atoms with Crippen LogP contribution in [0.25, 0.3) is 0 Å². The predicted octanol–water partition coefficient (Wildman–Crippen LogP) is 3.67. The molecule has 2 N–H and O–H groups in total. The highest BCUT2D eigenvalue weighted by atomic mass is 19.1. The Morgan fingerprint density at radius 2 is 2.05 bits per heavy atom. The van der Waals surface area contributed by atoms with Gasteiger partial charge < -0.3 is 15.2 Å². The van der Waals surface area contributed by atoms with Gasteiger partial charge in [-0.15, -0.1) is 0 Å². The second-order valence-corrected chi connectivity index (χ2v) is 4.05. The molecule has 2 rings (SSSR count). The number of nitrogens with one attached hydrogen (secondary N) is 1. The Morgan fingerprint density at radius 3 is 2.75 bits per heavy atom. The Bertz CT molecular complexity index is 628. The molecule has 0 radical (unpaired) electrons. The summed E-state index contributed by atoms with van der Waals surface area (Å²) in [5.74, 6) is -1.18. The standard InChI is InChI=1S/C15H14FNO3/c1-2-20-11-6-3-5-10(9-11)17-14-12(15(18)19)7-4-8-13(14)16/h3-9,17H,2H2,1H3,(H,18,19). The summed E-state index contributed by atoms with van der Waals surface area (Å²) in [6.07, 6.45) is 0. The van der Waals surface area contributed by atoms with E-state index < -0.39 is 11.8 Å². The van der Waals surface area contributed by atoms with Gasteiger partial charge in [0.25, 0.3) is 0 Å². The molecule has 0 aliphatic rings. The number of hydrogen-bond acceptors (Lipinski definition) is 3. The third-order valence-electron chi connectivity index (χ3n) is 2.66. The minimum atomic E-state index is -1.19. The molecule has 0 unspecified atom stereocenters. The summed E-state index contributed by atoms with van der Waals surface area (Å²) in [7, 11) is 0. The number of aromatic carboxylic acids is 1. The van der Waals surface area contributed by atoms with Crippen molar-refractivity contribution in [2.24, 2.45) is 0 Å². The van der Waals surface area contributed by atoms with Crippen molar-refractivity contribution in [1.29, 1.82) is 0 Å². The maximum Gasteiger partial charge on any atom is 0.337 e. The lowest BCUT2D eigenvalue weighted by Gasteiger charge is -2.12. The number of carboxylic acids is 1. The molecular weight excluding hydrogens is 261 g/mol. The third kappa shape index (κ3) is 3.06. The van der Waals surface area contributed by atoms with Gasteiger partial charge in [0.15, 0.2) is 0 Å². The van der Waals surface area contributed by atoms with Crippen LogP contribution in [0.3, 0.4) is 0 Å². The molecule has 2 aromatic carbocycles. The van der Waals surface area contributed by atoms with Crippen LogP contribution >= 0.6 is 0 Å². The van der Waals surface area contributed by atoms with Crippen molar-refractivity contribution in [2.75, 3.05) is 11.9 Å². The summed E-state index contributed by atoms with van der Waals surface area (Å²) in [4.78, 5) is 11.1. The second-order valence-electron chi connectivity index (χ2n) is 4.05. The number of rotatable bonds is 5. The first-order valence-corrected chi connectivity index (χ1v) is 6.13. The zero-order valence-corrected chi connectivity index (χ0v) is 10.9. The molecule has 104 valence electrons. The van der Waals surface area contributed by atoms with E-state index in [1.54, 1.807) is 24.3 Å². The molecule has 0 aliphatic carbocycles. The highest BCUT2D eigenvalue weighted by Crippen LogP contribution is 2.26. The monoisotopic (exact) mass is 275 g/mol. The summed E-state index contributed by atoms with van der Waals surface area (Å²) in [5, 5.41) is 11.9. The van der Waals surface area contributed by atoms with Crippen LogP contribution in [0.1, 0.15) is 17.3 Å². The van der Waals surface area contributed by atoms with Crippen LogP contribution in [0.5, 0.6) is 5.75 Å². The van der Waals surface area contributed by atoms with Gasteiger partial charge in [0.05, 0.1) is 17.9 Å². The molecule has 0 fully saturated rings. The van der Waals surface area contributed by atoms with Crippen LogP contribution in [0, 0.1) is 5.82 Å². The lowest BCUT2D eigenvalue weighted by Crippen LogP contribution is -2.05. The van der Waals surface area contributed by atoms with Gasteiger partial charge in [-0.25, -0.2) is 9.18 Å². The maximum absolute atomic E-state index is 13.8. The molecule has 0 atom stereocenters. The van der Waals surface area contributed by atoms with Crippen molar-refractivity contribution in [3.8, 4) is 5.75 Å². The number of carboxylic acid groups (broad SMARTS) is 1. The van der Waals surface area contributed by atoms with Crippen LogP contribution in [0.15, 0.2) is 42.5 Å². The fraction of sp³-hybridized carbons (Fsp3) is 0.133. The number of carbonyl (C=O) groups is 1. The van der Waals surface area contributed by atoms with Gasteiger partial charge in [-0.3, -0.25) is 0 Å². The quantitative estimate of drug-likeness (QED) is 0.874. The maximum atomic E-state index is 13.8. The summed E-state index contributed by atoms with van der Waals surface area (Å²) in [5.41, 5.74) is 0.379. The molecule has 20 heavy (non-hydrogen) atoms. The molecule has 4 nitrogen and oxygen atoms in total. The fourth-order valence-electron chi connectivity index (χ4n) is 1.80. The van der Waals surface area contributed by atoms with E-state index >= 15 is 0 Å². The third-order valence-corrected chi connectivity index (χ3v) is 2.66. The Balaban J connectivity index is 2.34. The Labute approximate surface area is 115 Å². The number of ether oxygens (including phenoxy) is 1. The van der Waals surface area contributed by atoms with E-state index in [9.17, 15) is 9.18 Å². The van der Waals surface area contributed by atoms with Crippen molar-refractivity contribution >= 4 is 17.3 Å². The van der Waals surface area contributed by atoms with Crippen LogP contribution in [-0.4, -0.2) is 17.7 Å². The first-order valence-electron chi connectivity index (χ1n) is 6.13. The highest BCUT2D eigenvalue weighted by Gasteiger charge is 2.14. The SMILES string of the molecule is CCOc1cccc(Nc2c(F)cccc2C(=O)O)c1. The largest absolute Gasteiger partial charge is 0.494 e. The average molecular weight is 275 g/mol. The van der Waals surface area contributed by atoms with Gasteiger partial charge >= 0.3 is 5.97 Å². The second kappa shape index (κ2) is 6.06. The molecule has 0 amide bonds. The topological polar surface area (TPSA) is 58.6 Å². The van der Waals surface area contributed by atoms with Crippen LogP contribution in [0.4, 0.5) is 15.8 Å². The normalized spacial score (nSPS) is 10.1. The molecule has 0 saturated heterocycles. The summed E-state index contributed by atoms with van der Waals surface area (Å²) < 4.78 is 19.1. The molecule has 5 heteroatoms. The van der Waals surface area contributed by atoms with E-state index in [1.807, 2.05) is 6.92 Å². The Kier molecular flexibility index (Phi) is 4.20. The van der Waals surface area contributed by atoms with E-state index in [-0.39, 0.29) is 11.3 Å². The van der Waals surface area contributed by atoms with E-state index in [2.05, 4.69) is 5.32 Å². The van der Waals surface area contributed by atoms with Gasteiger partial charge in [0.1, 0.15) is 11.6 Å². The highest BCUT2D eigenvalue weighted by molar-refractivity contribution is 5.95. The smallest absolute Gasteiger partial charge is 0.337 e. The molecule has 0 bridgehead atoms. The Hall–Kier alpha value is -2.56. The average Bonchev–Trinajstić information content (AvgIpc) is 2.41. The van der Waals surface area contributed by atoms with Gasteiger partial charge in [-0.2, -0.15) is 0 Å². The molecule has 0 aliphatic heterocycles. The number of benzene rings is 2. The van der Waals surface area contributed by atoms with Gasteiger partial charge in [0, 0.05) is 11.8 Å². The fourth-order valence-corrected chi connectivity index (χ4v) is 1.80. The van der Waals surface area contributed by atoms with Gasteiger partial charge in [-0.1, -0.05) is 12.1 Å². The zero-order chi connectivity index (χ0) is 14.5. The predicted molar refractivity (Wildman–Crippen MR) is 74.3 cm³/mol. The molecule has 0 saturated carbocycles. The van der Waals surface area contributed by atoms with Crippen molar-refractivity contribution < 1.29 is 19.0 Å². The van der Waals surface area contributed by atoms with Crippen LogP contribution in [0.2, 0.25) is 0 Å². The molecular formula is C15H14FNO3. The molecule has 0 heterocycles. The van der Waals surface area contributed by atoms with E-state index in [0.29, 0.717) is 18.0 Å². The van der Waals surface area contributed by atoms with E-state index in [1.165, 1.54) is 18.2 Å². The van der Waals surface area contributed by atoms with Crippen LogP contribution in [-0.2, 0) is 0 Å². The van der Waals surface area contributed by atoms with E-state index in [4.69, 9.17) is 9.84 Å². The number of halogens is 1. The van der Waals surface area contributed by atoms with Crippen molar-refractivity contribution in [1.82, 2.24) is 0 Å². The molecule has 0 aromatic heterocycles. The summed E-state index contributed by atoms with van der Waals surface area (Å²) in [6, 6.07) is 10.8. The minimum Gasteiger partial charge on any atom is -0.494 e. The molecule has 0 spiro atoms. The zero-order valence-electron chi connectivity index (χ0n) is 10.9. The van der Waals surface area contributed by atoms with Gasteiger partial charge in [0.2, 0.25) is 0 Å². The number of para-hydroxylation sites is 1. The molecule has 2 aromatic rings. The van der Waals surface area contributed by atoms with Crippen molar-refractivity contribution in [3.63, 3.8) is 0 Å². The number of anilines is 2. The van der Waals surface area contributed by atoms with Gasteiger partial charge in [-0.05, 0) is 31.2 Å². The van der Waals surface area contributed by atoms with E-state index in [0.717, 1.165) is 0 Å². The summed E-state index contributed by atoms with van der Waals surface area (Å²) >= 11 is 0. The van der Waals surface area contributed by atoms with Crippen LogP contribution < -0.4 is 10.1 Å². The van der Waals surface area contributed by atoms with Crippen molar-refractivity contribution in [2.45, 2.75) is 6.92 Å². The Morgan fingerprint density at radius 1 is 1.30 bits per heavy atom. The van der Waals surface area contributed by atoms with Crippen molar-refractivity contribution in [3.05, 3.63) is 53.8 Å². The first-order chi connectivity index (χ1) is 9.61. The lowest BCUT2D eigenvalue weighted by atomic mass is 10.1. The first kappa shape index (κ1) is 13.9. The minimum absolute atomic E-state index is 0.0614. The lowest BCUT2D eigenvalue weighted by molar-refractivity contribution is 0.0697. The number of hydrogen-bond donors (Lipinski definition) is 2.